The molecular formula is C21H28N4O6. The molecule has 0 spiro atoms. The van der Waals surface area contributed by atoms with Gasteiger partial charge in [0, 0.05) is 13.1 Å². The zero-order chi connectivity index (χ0) is 22.4. The average molecular weight is 432 g/mol. The number of benzene rings is 1. The third-order valence-corrected chi connectivity index (χ3v) is 5.33. The number of carbonyl (C=O) groups excluding carboxylic acids is 4. The number of ether oxygens (including phenoxy) is 1. The van der Waals surface area contributed by atoms with Gasteiger partial charge in [0.25, 0.3) is 5.91 Å². The van der Waals surface area contributed by atoms with Crippen LogP contribution >= 0.6 is 0 Å². The Morgan fingerprint density at radius 2 is 1.84 bits per heavy atom. The molecule has 10 nitrogen and oxygen atoms in total. The maximum absolute atomic E-state index is 13.1. The van der Waals surface area contributed by atoms with E-state index < -0.39 is 35.9 Å². The summed E-state index contributed by atoms with van der Waals surface area (Å²) in [5, 5.41) is 17.6. The first kappa shape index (κ1) is 22.5. The number of fused-ring (bicyclic) bond motifs is 1. The minimum absolute atomic E-state index is 0.134. The summed E-state index contributed by atoms with van der Waals surface area (Å²) in [6, 6.07) is 4.65. The molecule has 1 fully saturated rings. The van der Waals surface area contributed by atoms with Crippen LogP contribution in [0.4, 0.5) is 0 Å². The van der Waals surface area contributed by atoms with Gasteiger partial charge in [-0.3, -0.25) is 19.2 Å². The molecule has 0 saturated carbocycles. The lowest BCUT2D eigenvalue weighted by Crippen LogP contribution is -2.54. The summed E-state index contributed by atoms with van der Waals surface area (Å²) in [5.74, 6) is -1.53. The lowest BCUT2D eigenvalue weighted by molar-refractivity contribution is -0.138. The molecule has 0 unspecified atom stereocenters. The van der Waals surface area contributed by atoms with Crippen LogP contribution in [0.25, 0.3) is 0 Å². The summed E-state index contributed by atoms with van der Waals surface area (Å²) in [7, 11) is 0. The van der Waals surface area contributed by atoms with Gasteiger partial charge in [-0.1, -0.05) is 12.1 Å². The molecule has 4 amide bonds. The maximum Gasteiger partial charge on any atom is 0.255 e. The van der Waals surface area contributed by atoms with E-state index in [1.807, 2.05) is 0 Å². The third-order valence-electron chi connectivity index (χ3n) is 5.33. The number of amides is 4. The fourth-order valence-corrected chi connectivity index (χ4v) is 3.56. The third kappa shape index (κ3) is 5.94. The number of hydrogen-bond acceptors (Lipinski definition) is 6. The van der Waals surface area contributed by atoms with Crippen molar-refractivity contribution in [3.8, 4) is 5.75 Å². The minimum Gasteiger partial charge on any atom is -0.491 e. The van der Waals surface area contributed by atoms with Gasteiger partial charge < -0.3 is 30.7 Å². The van der Waals surface area contributed by atoms with Crippen LogP contribution in [0.5, 0.6) is 5.75 Å². The lowest BCUT2D eigenvalue weighted by atomic mass is 10.0. The zero-order valence-corrected chi connectivity index (χ0v) is 17.4. The van der Waals surface area contributed by atoms with E-state index in [-0.39, 0.29) is 31.0 Å². The highest BCUT2D eigenvalue weighted by molar-refractivity contribution is 6.01. The van der Waals surface area contributed by atoms with Gasteiger partial charge in [-0.25, -0.2) is 0 Å². The molecule has 10 heteroatoms. The Labute approximate surface area is 180 Å². The molecule has 0 bridgehead atoms. The Hall–Kier alpha value is -3.14. The normalized spacial score (nSPS) is 24.1. The second kappa shape index (κ2) is 10.3. The molecule has 2 aliphatic heterocycles. The van der Waals surface area contributed by atoms with Crippen molar-refractivity contribution in [1.29, 1.82) is 0 Å². The highest BCUT2D eigenvalue weighted by Gasteiger charge is 2.32. The molecule has 168 valence electrons. The van der Waals surface area contributed by atoms with Gasteiger partial charge in [-0.2, -0.15) is 0 Å². The molecule has 1 saturated heterocycles. The van der Waals surface area contributed by atoms with Gasteiger partial charge in [0.1, 0.15) is 24.4 Å². The SMILES string of the molecule is C[C@@H]1NC(=O)C[C@@H](C(=O)N2CCC(O)CC2)NC(=O)c2ccccc2OCCNC1=O. The summed E-state index contributed by atoms with van der Waals surface area (Å²) < 4.78 is 5.65. The summed E-state index contributed by atoms with van der Waals surface area (Å²) in [6.07, 6.45) is 0.0952. The maximum atomic E-state index is 13.1. The summed E-state index contributed by atoms with van der Waals surface area (Å²) in [5.41, 5.74) is 0.228. The Morgan fingerprint density at radius 3 is 2.58 bits per heavy atom. The van der Waals surface area contributed by atoms with Gasteiger partial charge >= 0.3 is 0 Å². The summed E-state index contributed by atoms with van der Waals surface area (Å²) >= 11 is 0. The minimum atomic E-state index is -1.12. The van der Waals surface area contributed by atoms with Gasteiger partial charge in [0.2, 0.25) is 17.7 Å². The molecule has 2 atom stereocenters. The van der Waals surface area contributed by atoms with Crippen molar-refractivity contribution in [1.82, 2.24) is 20.9 Å². The first-order chi connectivity index (χ1) is 14.8. The highest BCUT2D eigenvalue weighted by atomic mass is 16.5. The summed E-state index contributed by atoms with van der Waals surface area (Å²) in [6.45, 7) is 2.56. The smallest absolute Gasteiger partial charge is 0.255 e. The van der Waals surface area contributed by atoms with Crippen LogP contribution < -0.4 is 20.7 Å². The van der Waals surface area contributed by atoms with Crippen molar-refractivity contribution in [3.63, 3.8) is 0 Å². The number of hydrogen-bond donors (Lipinski definition) is 4. The number of para-hydroxylation sites is 1. The number of nitrogens with one attached hydrogen (secondary N) is 3. The van der Waals surface area contributed by atoms with E-state index in [0.717, 1.165) is 0 Å². The van der Waals surface area contributed by atoms with E-state index in [4.69, 9.17) is 4.74 Å². The Bertz CT molecular complexity index is 837. The van der Waals surface area contributed by atoms with E-state index in [1.54, 1.807) is 24.3 Å². The van der Waals surface area contributed by atoms with Crippen LogP contribution in [-0.4, -0.2) is 78.1 Å². The number of carbonyl (C=O) groups is 4. The number of rotatable bonds is 1. The first-order valence-electron chi connectivity index (χ1n) is 10.4. The van der Waals surface area contributed by atoms with Crippen LogP contribution in [0.1, 0.15) is 36.5 Å². The van der Waals surface area contributed by atoms with Crippen molar-refractivity contribution in [2.24, 2.45) is 0 Å². The first-order valence-corrected chi connectivity index (χ1v) is 10.4. The second-order valence-corrected chi connectivity index (χ2v) is 7.71. The molecule has 0 radical (unpaired) electrons. The zero-order valence-electron chi connectivity index (χ0n) is 17.4. The molecule has 1 aromatic carbocycles. The fourth-order valence-electron chi connectivity index (χ4n) is 3.56. The quantitative estimate of drug-likeness (QED) is 0.457. The molecule has 2 aliphatic rings. The van der Waals surface area contributed by atoms with Gasteiger partial charge in [0.05, 0.1) is 24.6 Å². The largest absolute Gasteiger partial charge is 0.491 e. The molecule has 0 aliphatic carbocycles. The number of likely N-dealkylation sites (tertiary alicyclic amines) is 1. The van der Waals surface area contributed by atoms with E-state index in [2.05, 4.69) is 16.0 Å². The Kier molecular flexibility index (Phi) is 7.45. The van der Waals surface area contributed by atoms with E-state index in [1.165, 1.54) is 11.8 Å². The molecule has 1 aromatic rings. The molecule has 3 rings (SSSR count). The second-order valence-electron chi connectivity index (χ2n) is 7.71. The topological polar surface area (TPSA) is 137 Å². The molecule has 4 N–H and O–H groups in total. The summed E-state index contributed by atoms with van der Waals surface area (Å²) in [4.78, 5) is 52.3. The van der Waals surface area contributed by atoms with E-state index >= 15 is 0 Å². The van der Waals surface area contributed by atoms with Crippen molar-refractivity contribution >= 4 is 23.6 Å². The molecule has 2 heterocycles. The number of aliphatic hydroxyl groups excluding tert-OH is 1. The highest BCUT2D eigenvalue weighted by Crippen LogP contribution is 2.19. The monoisotopic (exact) mass is 432 g/mol. The van der Waals surface area contributed by atoms with Crippen molar-refractivity contribution in [2.75, 3.05) is 26.2 Å². The Morgan fingerprint density at radius 1 is 1.13 bits per heavy atom. The van der Waals surface area contributed by atoms with Gasteiger partial charge in [-0.15, -0.1) is 0 Å². The van der Waals surface area contributed by atoms with Crippen LogP contribution in [-0.2, 0) is 14.4 Å². The van der Waals surface area contributed by atoms with Crippen LogP contribution in [0.3, 0.4) is 0 Å². The van der Waals surface area contributed by atoms with E-state index in [9.17, 15) is 24.3 Å². The molecule has 0 aromatic heterocycles. The van der Waals surface area contributed by atoms with E-state index in [0.29, 0.717) is 31.7 Å². The van der Waals surface area contributed by atoms with Crippen molar-refractivity contribution < 1.29 is 29.0 Å². The standard InChI is InChI=1S/C21H28N4O6/c1-13-19(28)22-8-11-31-17-5-3-2-4-15(17)20(29)24-16(12-18(27)23-13)21(30)25-9-6-14(26)7-10-25/h2-5,13-14,16,26H,6-12H2,1H3,(H,22,28)(H,23,27)(H,24,29)/t13-,16-/m0/s1. The predicted molar refractivity (Wildman–Crippen MR) is 110 cm³/mol. The number of piperidine rings is 1. The van der Waals surface area contributed by atoms with Crippen molar-refractivity contribution in [2.45, 2.75) is 44.4 Å². The fraction of sp³-hybridized carbons (Fsp3) is 0.524. The van der Waals surface area contributed by atoms with Crippen LogP contribution in [0.2, 0.25) is 0 Å². The predicted octanol–water partition coefficient (Wildman–Crippen LogP) is -0.828. The molecule has 31 heavy (non-hydrogen) atoms. The number of nitrogens with zero attached hydrogens (tertiary/aromatic N) is 1. The molecular weight excluding hydrogens is 404 g/mol. The Balaban J connectivity index is 1.85. The van der Waals surface area contributed by atoms with Crippen LogP contribution in [0, 0.1) is 0 Å². The van der Waals surface area contributed by atoms with Crippen LogP contribution in [0.15, 0.2) is 24.3 Å². The number of aliphatic hydroxyl groups is 1. The lowest BCUT2D eigenvalue weighted by Gasteiger charge is -2.32. The van der Waals surface area contributed by atoms with Crippen molar-refractivity contribution in [3.05, 3.63) is 29.8 Å². The van der Waals surface area contributed by atoms with Gasteiger partial charge in [0.15, 0.2) is 0 Å². The average Bonchev–Trinajstić information content (AvgIpc) is 2.75. The van der Waals surface area contributed by atoms with Gasteiger partial charge in [-0.05, 0) is 31.9 Å².